The molecular weight excluding hydrogens is 304 g/mol. The summed E-state index contributed by atoms with van der Waals surface area (Å²) in [5.74, 6) is 0.563. The molecule has 1 saturated carbocycles. The molecule has 1 unspecified atom stereocenters. The maximum Gasteiger partial charge on any atom is 0.315 e. The Hall–Kier alpha value is -1.01. The maximum absolute atomic E-state index is 11.7. The lowest BCUT2D eigenvalue weighted by atomic mass is 9.96. The molecule has 0 aromatic heterocycles. The van der Waals surface area contributed by atoms with Crippen molar-refractivity contribution in [3.8, 4) is 0 Å². The van der Waals surface area contributed by atoms with Gasteiger partial charge < -0.3 is 21.3 Å². The zero-order chi connectivity index (χ0) is 14.9. The molecule has 1 aliphatic heterocycles. The second-order valence-electron chi connectivity index (χ2n) is 6.16. The van der Waals surface area contributed by atoms with E-state index in [1.165, 1.54) is 25.7 Å². The summed E-state index contributed by atoms with van der Waals surface area (Å²) in [7, 11) is 0. The lowest BCUT2D eigenvalue weighted by molar-refractivity contribution is -0.120. The van der Waals surface area contributed by atoms with Gasteiger partial charge in [-0.15, -0.1) is 12.4 Å². The van der Waals surface area contributed by atoms with Gasteiger partial charge >= 0.3 is 6.03 Å². The van der Waals surface area contributed by atoms with Crippen LogP contribution in [0.4, 0.5) is 4.79 Å². The van der Waals surface area contributed by atoms with Crippen molar-refractivity contribution in [2.45, 2.75) is 51.0 Å². The molecule has 1 heterocycles. The fourth-order valence-electron chi connectivity index (χ4n) is 3.08. The molecule has 2 rings (SSSR count). The van der Waals surface area contributed by atoms with Crippen molar-refractivity contribution in [1.82, 2.24) is 21.3 Å². The van der Waals surface area contributed by atoms with Gasteiger partial charge in [0.2, 0.25) is 5.91 Å². The summed E-state index contributed by atoms with van der Waals surface area (Å²) in [5.41, 5.74) is 0. The quantitative estimate of drug-likeness (QED) is 0.589. The highest BCUT2D eigenvalue weighted by Crippen LogP contribution is 2.17. The van der Waals surface area contributed by atoms with E-state index >= 15 is 0 Å². The molecule has 4 N–H and O–H groups in total. The number of rotatable bonds is 6. The Morgan fingerprint density at radius 2 is 1.82 bits per heavy atom. The van der Waals surface area contributed by atoms with E-state index in [-0.39, 0.29) is 36.9 Å². The molecule has 0 aromatic carbocycles. The van der Waals surface area contributed by atoms with Gasteiger partial charge in [0, 0.05) is 12.6 Å². The summed E-state index contributed by atoms with van der Waals surface area (Å²) in [5, 5.41) is 11.7. The van der Waals surface area contributed by atoms with Crippen LogP contribution in [0.5, 0.6) is 0 Å². The van der Waals surface area contributed by atoms with Gasteiger partial charge in [-0.25, -0.2) is 4.79 Å². The number of halogens is 1. The molecule has 0 bridgehead atoms. The van der Waals surface area contributed by atoms with Gasteiger partial charge in [0.25, 0.3) is 0 Å². The molecule has 7 heteroatoms. The van der Waals surface area contributed by atoms with Gasteiger partial charge in [0.05, 0.1) is 6.54 Å². The standard InChI is InChI=1S/C15H28N4O2.ClH/c20-14(17-9-7-12-6-8-16-10-12)11-18-15(21)19-13-4-2-1-3-5-13;/h12-13,16H,1-11H2,(H,17,20)(H2,18,19,21);1H. The predicted octanol–water partition coefficient (Wildman–Crippen LogP) is 1.16. The zero-order valence-corrected chi connectivity index (χ0v) is 14.0. The van der Waals surface area contributed by atoms with E-state index in [1.807, 2.05) is 0 Å². The van der Waals surface area contributed by atoms with E-state index in [0.717, 1.165) is 32.4 Å². The molecule has 1 saturated heterocycles. The third-order valence-corrected chi connectivity index (χ3v) is 4.39. The number of amides is 3. The molecule has 0 spiro atoms. The van der Waals surface area contributed by atoms with Crippen LogP contribution in [0.25, 0.3) is 0 Å². The van der Waals surface area contributed by atoms with Crippen molar-refractivity contribution in [2.75, 3.05) is 26.2 Å². The van der Waals surface area contributed by atoms with E-state index in [4.69, 9.17) is 0 Å². The monoisotopic (exact) mass is 332 g/mol. The largest absolute Gasteiger partial charge is 0.355 e. The van der Waals surface area contributed by atoms with Crippen LogP contribution in [-0.4, -0.2) is 44.2 Å². The third-order valence-electron chi connectivity index (χ3n) is 4.39. The maximum atomic E-state index is 11.7. The van der Waals surface area contributed by atoms with Gasteiger partial charge in [-0.1, -0.05) is 19.3 Å². The Kier molecular flexibility index (Phi) is 9.24. The van der Waals surface area contributed by atoms with Gasteiger partial charge in [-0.2, -0.15) is 0 Å². The number of carbonyl (C=O) groups is 2. The molecule has 2 fully saturated rings. The number of hydrogen-bond donors (Lipinski definition) is 4. The van der Waals surface area contributed by atoms with Gasteiger partial charge in [0.1, 0.15) is 0 Å². The van der Waals surface area contributed by atoms with E-state index in [2.05, 4.69) is 21.3 Å². The Bertz CT molecular complexity index is 342. The minimum atomic E-state index is -0.225. The highest BCUT2D eigenvalue weighted by molar-refractivity contribution is 5.85. The highest BCUT2D eigenvalue weighted by Gasteiger charge is 2.16. The predicted molar refractivity (Wildman–Crippen MR) is 89.3 cm³/mol. The zero-order valence-electron chi connectivity index (χ0n) is 13.2. The third kappa shape index (κ3) is 7.31. The van der Waals surface area contributed by atoms with E-state index < -0.39 is 0 Å². The Labute approximate surface area is 139 Å². The van der Waals surface area contributed by atoms with Gasteiger partial charge in [0.15, 0.2) is 0 Å². The lowest BCUT2D eigenvalue weighted by Gasteiger charge is -2.22. The van der Waals surface area contributed by atoms with Crippen LogP contribution in [-0.2, 0) is 4.79 Å². The first-order valence-corrected chi connectivity index (χ1v) is 8.26. The minimum Gasteiger partial charge on any atom is -0.355 e. The van der Waals surface area contributed by atoms with Crippen molar-refractivity contribution in [3.05, 3.63) is 0 Å². The van der Waals surface area contributed by atoms with Gasteiger partial charge in [-0.3, -0.25) is 4.79 Å². The molecule has 1 aliphatic carbocycles. The van der Waals surface area contributed by atoms with E-state index in [1.54, 1.807) is 0 Å². The average Bonchev–Trinajstić information content (AvgIpc) is 2.99. The van der Waals surface area contributed by atoms with Crippen molar-refractivity contribution in [1.29, 1.82) is 0 Å². The van der Waals surface area contributed by atoms with Crippen molar-refractivity contribution in [3.63, 3.8) is 0 Å². The molecule has 0 radical (unpaired) electrons. The SMILES string of the molecule is Cl.O=C(CNC(=O)NC1CCCCC1)NCCC1CCNC1. The summed E-state index contributed by atoms with van der Waals surface area (Å²) in [4.78, 5) is 23.3. The molecule has 6 nitrogen and oxygen atoms in total. The van der Waals surface area contributed by atoms with E-state index in [0.29, 0.717) is 12.5 Å². The summed E-state index contributed by atoms with van der Waals surface area (Å²) in [6, 6.07) is 0.0497. The Morgan fingerprint density at radius 1 is 1.05 bits per heavy atom. The second-order valence-corrected chi connectivity index (χ2v) is 6.16. The van der Waals surface area contributed by atoms with Crippen molar-refractivity contribution >= 4 is 24.3 Å². The van der Waals surface area contributed by atoms with Crippen LogP contribution >= 0.6 is 12.4 Å². The second kappa shape index (κ2) is 10.7. The molecule has 3 amide bonds. The Morgan fingerprint density at radius 3 is 2.50 bits per heavy atom. The Balaban J connectivity index is 0.00000242. The highest BCUT2D eigenvalue weighted by atomic mass is 35.5. The van der Waals surface area contributed by atoms with Crippen LogP contribution in [0.15, 0.2) is 0 Å². The first-order valence-electron chi connectivity index (χ1n) is 8.26. The first-order chi connectivity index (χ1) is 10.2. The molecular formula is C15H29ClN4O2. The average molecular weight is 333 g/mol. The molecule has 2 aliphatic rings. The topological polar surface area (TPSA) is 82.3 Å². The number of nitrogens with one attached hydrogen (secondary N) is 4. The summed E-state index contributed by atoms with van der Waals surface area (Å²) < 4.78 is 0. The smallest absolute Gasteiger partial charge is 0.315 e. The fraction of sp³-hybridized carbons (Fsp3) is 0.867. The molecule has 0 aromatic rings. The van der Waals surface area contributed by atoms with Crippen LogP contribution in [0, 0.1) is 5.92 Å². The van der Waals surface area contributed by atoms with Crippen LogP contribution < -0.4 is 21.3 Å². The first kappa shape index (κ1) is 19.0. The number of carbonyl (C=O) groups excluding carboxylic acids is 2. The van der Waals surface area contributed by atoms with E-state index in [9.17, 15) is 9.59 Å². The molecule has 128 valence electrons. The van der Waals surface area contributed by atoms with Crippen molar-refractivity contribution in [2.24, 2.45) is 5.92 Å². The molecule has 22 heavy (non-hydrogen) atoms. The molecule has 1 atom stereocenters. The fourth-order valence-corrected chi connectivity index (χ4v) is 3.08. The van der Waals surface area contributed by atoms with Crippen LogP contribution in [0.1, 0.15) is 44.9 Å². The van der Waals surface area contributed by atoms with Gasteiger partial charge in [-0.05, 0) is 44.7 Å². The lowest BCUT2D eigenvalue weighted by Crippen LogP contribution is -2.46. The number of urea groups is 1. The number of hydrogen-bond acceptors (Lipinski definition) is 3. The normalized spacial score (nSPS) is 21.7. The summed E-state index contributed by atoms with van der Waals surface area (Å²) in [6.07, 6.45) is 7.93. The van der Waals surface area contributed by atoms with Crippen LogP contribution in [0.2, 0.25) is 0 Å². The van der Waals surface area contributed by atoms with Crippen LogP contribution in [0.3, 0.4) is 0 Å². The summed E-state index contributed by atoms with van der Waals surface area (Å²) in [6.45, 7) is 2.89. The van der Waals surface area contributed by atoms with Crippen molar-refractivity contribution < 1.29 is 9.59 Å². The minimum absolute atomic E-state index is 0. The summed E-state index contributed by atoms with van der Waals surface area (Å²) >= 11 is 0.